The van der Waals surface area contributed by atoms with E-state index in [2.05, 4.69) is 6.07 Å². The van der Waals surface area contributed by atoms with Crippen molar-refractivity contribution in [2.75, 3.05) is 0 Å². The number of unbranched alkanes of at least 4 members (excludes halogenated alkanes) is 4. The first-order valence-electron chi connectivity index (χ1n) is 4.85. The van der Waals surface area contributed by atoms with Gasteiger partial charge in [-0.2, -0.15) is 21.0 Å². The second-order valence-electron chi connectivity index (χ2n) is 3.31. The van der Waals surface area contributed by atoms with E-state index in [4.69, 9.17) is 21.0 Å². The van der Waals surface area contributed by atoms with Crippen molar-refractivity contribution in [2.45, 2.75) is 38.5 Å². The topological polar surface area (TPSA) is 95.2 Å². The van der Waals surface area contributed by atoms with Crippen molar-refractivity contribution in [3.05, 3.63) is 0 Å². The predicted octanol–water partition coefficient (Wildman–Crippen LogP) is 2.41. The molecule has 0 aliphatic carbocycles. The molecular formula is C11H12N4. The molecule has 0 radical (unpaired) electrons. The summed E-state index contributed by atoms with van der Waals surface area (Å²) in [6, 6.07) is 7.28. The Kier molecular flexibility index (Phi) is 6.37. The maximum Gasteiger partial charge on any atom is 0.228 e. The van der Waals surface area contributed by atoms with Crippen LogP contribution in [0.3, 0.4) is 0 Å². The van der Waals surface area contributed by atoms with Crippen molar-refractivity contribution in [3.8, 4) is 24.3 Å². The SMILES string of the molecule is N#CCCCCCCC(C#N)(C#N)C#N. The molecule has 0 bridgehead atoms. The van der Waals surface area contributed by atoms with Crippen molar-refractivity contribution < 1.29 is 0 Å². The van der Waals surface area contributed by atoms with Gasteiger partial charge in [0, 0.05) is 6.42 Å². The highest BCUT2D eigenvalue weighted by atomic mass is 14.4. The largest absolute Gasteiger partial charge is 0.228 e. The van der Waals surface area contributed by atoms with Crippen molar-refractivity contribution in [1.82, 2.24) is 0 Å². The summed E-state index contributed by atoms with van der Waals surface area (Å²) < 4.78 is 0. The fourth-order valence-electron chi connectivity index (χ4n) is 1.19. The highest BCUT2D eigenvalue weighted by Crippen LogP contribution is 2.22. The van der Waals surface area contributed by atoms with Gasteiger partial charge in [-0.1, -0.05) is 12.8 Å². The molecule has 15 heavy (non-hydrogen) atoms. The molecule has 0 saturated carbocycles. The Morgan fingerprint density at radius 2 is 1.27 bits per heavy atom. The monoisotopic (exact) mass is 200 g/mol. The molecule has 0 heterocycles. The molecule has 4 nitrogen and oxygen atoms in total. The van der Waals surface area contributed by atoms with Crippen LogP contribution in [-0.2, 0) is 0 Å². The molecule has 0 spiro atoms. The molecule has 0 N–H and O–H groups in total. The normalized spacial score (nSPS) is 9.33. The Balaban J connectivity index is 3.78. The molecule has 0 aromatic carbocycles. The Morgan fingerprint density at radius 3 is 1.73 bits per heavy atom. The molecule has 0 unspecified atom stereocenters. The van der Waals surface area contributed by atoms with Gasteiger partial charge in [-0.15, -0.1) is 0 Å². The first-order chi connectivity index (χ1) is 7.24. The van der Waals surface area contributed by atoms with E-state index in [1.165, 1.54) is 0 Å². The summed E-state index contributed by atoms with van der Waals surface area (Å²) in [5.74, 6) is 0. The zero-order valence-corrected chi connectivity index (χ0v) is 8.53. The smallest absolute Gasteiger partial charge is 0.198 e. The van der Waals surface area contributed by atoms with Crippen LogP contribution < -0.4 is 0 Å². The molecule has 0 aromatic heterocycles. The van der Waals surface area contributed by atoms with Crippen LogP contribution in [0.2, 0.25) is 0 Å². The minimum absolute atomic E-state index is 0.295. The molecule has 0 aromatic rings. The van der Waals surface area contributed by atoms with E-state index in [1.807, 2.05) is 0 Å². The molecule has 4 heteroatoms. The number of hydrogen-bond acceptors (Lipinski definition) is 4. The standard InChI is InChI=1S/C11H12N4/c12-7-5-3-1-2-4-6-11(8-13,9-14)10-15/h1-6H2. The van der Waals surface area contributed by atoms with Gasteiger partial charge in [-0.25, -0.2) is 0 Å². The van der Waals surface area contributed by atoms with Gasteiger partial charge in [-0.05, 0) is 19.3 Å². The fourth-order valence-corrected chi connectivity index (χ4v) is 1.19. The minimum atomic E-state index is -1.48. The van der Waals surface area contributed by atoms with E-state index in [0.717, 1.165) is 19.3 Å². The maximum atomic E-state index is 8.68. The van der Waals surface area contributed by atoms with Crippen molar-refractivity contribution >= 4 is 0 Å². The van der Waals surface area contributed by atoms with E-state index in [1.54, 1.807) is 18.2 Å². The Morgan fingerprint density at radius 1 is 0.733 bits per heavy atom. The molecule has 0 aliphatic heterocycles. The first kappa shape index (κ1) is 13.0. The van der Waals surface area contributed by atoms with Crippen molar-refractivity contribution in [1.29, 1.82) is 21.0 Å². The highest BCUT2D eigenvalue weighted by Gasteiger charge is 2.28. The van der Waals surface area contributed by atoms with Crippen LogP contribution in [0.5, 0.6) is 0 Å². The quantitative estimate of drug-likeness (QED) is 0.615. The van der Waals surface area contributed by atoms with E-state index in [9.17, 15) is 0 Å². The number of nitrogens with zero attached hydrogens (tertiary/aromatic N) is 4. The minimum Gasteiger partial charge on any atom is -0.198 e. The molecule has 0 amide bonds. The average molecular weight is 200 g/mol. The third-order valence-corrected chi connectivity index (χ3v) is 2.16. The summed E-state index contributed by atoms with van der Waals surface area (Å²) in [5, 5.41) is 34.3. The lowest BCUT2D eigenvalue weighted by atomic mass is 9.87. The van der Waals surface area contributed by atoms with Crippen LogP contribution in [0.1, 0.15) is 38.5 Å². The predicted molar refractivity (Wildman–Crippen MR) is 52.6 cm³/mol. The van der Waals surface area contributed by atoms with Crippen LogP contribution in [0.4, 0.5) is 0 Å². The van der Waals surface area contributed by atoms with Gasteiger partial charge in [-0.3, -0.25) is 0 Å². The highest BCUT2D eigenvalue weighted by molar-refractivity contribution is 5.25. The van der Waals surface area contributed by atoms with Gasteiger partial charge < -0.3 is 0 Å². The van der Waals surface area contributed by atoms with E-state index in [-0.39, 0.29) is 0 Å². The van der Waals surface area contributed by atoms with Gasteiger partial charge in [0.2, 0.25) is 5.41 Å². The second-order valence-corrected chi connectivity index (χ2v) is 3.31. The molecule has 0 rings (SSSR count). The van der Waals surface area contributed by atoms with Crippen LogP contribution in [0.15, 0.2) is 0 Å². The van der Waals surface area contributed by atoms with Gasteiger partial charge in [0.1, 0.15) is 18.2 Å². The molecule has 0 fully saturated rings. The Labute approximate surface area is 90.0 Å². The van der Waals surface area contributed by atoms with Gasteiger partial charge in [0.25, 0.3) is 0 Å². The molecule has 76 valence electrons. The molecule has 0 saturated heterocycles. The lowest BCUT2D eigenvalue weighted by molar-refractivity contribution is 0.531. The Hall–Kier alpha value is -2.04. The third-order valence-electron chi connectivity index (χ3n) is 2.16. The summed E-state index contributed by atoms with van der Waals surface area (Å²) in [6.07, 6.45) is 4.12. The fraction of sp³-hybridized carbons (Fsp3) is 0.636. The summed E-state index contributed by atoms with van der Waals surface area (Å²) in [4.78, 5) is 0. The lowest BCUT2D eigenvalue weighted by Gasteiger charge is -2.07. The van der Waals surface area contributed by atoms with Crippen molar-refractivity contribution in [3.63, 3.8) is 0 Å². The van der Waals surface area contributed by atoms with Gasteiger partial charge >= 0.3 is 0 Å². The zero-order chi connectivity index (χ0) is 11.6. The molecule has 0 aliphatic rings. The van der Waals surface area contributed by atoms with E-state index >= 15 is 0 Å². The van der Waals surface area contributed by atoms with Crippen LogP contribution in [0.25, 0.3) is 0 Å². The van der Waals surface area contributed by atoms with Crippen LogP contribution in [0, 0.1) is 50.7 Å². The lowest BCUT2D eigenvalue weighted by Crippen LogP contribution is -2.12. The van der Waals surface area contributed by atoms with Crippen LogP contribution >= 0.6 is 0 Å². The summed E-state index contributed by atoms with van der Waals surface area (Å²) >= 11 is 0. The Bertz CT molecular complexity index is 309. The molecular weight excluding hydrogens is 188 g/mol. The molecule has 0 atom stereocenters. The summed E-state index contributed by atoms with van der Waals surface area (Å²) in [5.41, 5.74) is -1.48. The maximum absolute atomic E-state index is 8.68. The average Bonchev–Trinajstić information content (AvgIpc) is 2.29. The van der Waals surface area contributed by atoms with Crippen LogP contribution in [-0.4, -0.2) is 0 Å². The summed E-state index contributed by atoms with van der Waals surface area (Å²) in [7, 11) is 0. The first-order valence-corrected chi connectivity index (χ1v) is 4.85. The van der Waals surface area contributed by atoms with Gasteiger partial charge in [0.05, 0.1) is 6.07 Å². The summed E-state index contributed by atoms with van der Waals surface area (Å²) in [6.45, 7) is 0. The van der Waals surface area contributed by atoms with Crippen molar-refractivity contribution in [2.24, 2.45) is 5.41 Å². The number of nitriles is 4. The zero-order valence-electron chi connectivity index (χ0n) is 8.53. The van der Waals surface area contributed by atoms with E-state index < -0.39 is 5.41 Å². The van der Waals surface area contributed by atoms with E-state index in [0.29, 0.717) is 19.3 Å². The third kappa shape index (κ3) is 4.66. The number of rotatable bonds is 6. The number of hydrogen-bond donors (Lipinski definition) is 0. The van der Waals surface area contributed by atoms with Gasteiger partial charge in [0.15, 0.2) is 0 Å². The second kappa shape index (κ2) is 7.37.